The Balaban J connectivity index is 2.06. The van der Waals surface area contributed by atoms with E-state index in [0.29, 0.717) is 17.0 Å². The van der Waals surface area contributed by atoms with Crippen LogP contribution in [0, 0.1) is 0 Å². The average Bonchev–Trinajstić information content (AvgIpc) is 3.13. The van der Waals surface area contributed by atoms with Crippen molar-refractivity contribution in [2.45, 2.75) is 5.92 Å². The van der Waals surface area contributed by atoms with Crippen LogP contribution in [0.4, 0.5) is 0 Å². The molecule has 1 atom stereocenters. The van der Waals surface area contributed by atoms with Gasteiger partial charge in [0.2, 0.25) is 0 Å². The molecule has 0 radical (unpaired) electrons. The maximum Gasteiger partial charge on any atom is 0.329 e. The van der Waals surface area contributed by atoms with Gasteiger partial charge in [-0.15, -0.1) is 0 Å². The Labute approximate surface area is 188 Å². The maximum absolute atomic E-state index is 13.2. The van der Waals surface area contributed by atoms with E-state index in [-0.39, 0.29) is 11.4 Å². The standard InChI is InChI=1S/C23H23N5O5/c1-25-17(15-6-5-11-24-12-15)13-28(32)20(25)18(14-7-9-16(33-4)10-8-14)19-21(29)26(2)23(31)27(3)22(19)30/h5-13,18H,1-4H3,(H-,29,30,32). The van der Waals surface area contributed by atoms with Crippen molar-refractivity contribution < 1.29 is 19.6 Å². The smallest absolute Gasteiger partial charge is 0.329 e. The van der Waals surface area contributed by atoms with E-state index in [9.17, 15) is 19.9 Å². The van der Waals surface area contributed by atoms with Crippen LogP contribution in [0.3, 0.4) is 0 Å². The summed E-state index contributed by atoms with van der Waals surface area (Å²) in [5, 5.41) is 24.1. The van der Waals surface area contributed by atoms with Gasteiger partial charge in [0.1, 0.15) is 11.7 Å². The molecule has 33 heavy (non-hydrogen) atoms. The Bertz CT molecular complexity index is 1440. The predicted octanol–water partition coefficient (Wildman–Crippen LogP) is 0.272. The van der Waals surface area contributed by atoms with Gasteiger partial charge in [-0.25, -0.2) is 9.36 Å². The van der Waals surface area contributed by atoms with Crippen molar-refractivity contribution in [1.82, 2.24) is 18.8 Å². The van der Waals surface area contributed by atoms with E-state index < -0.39 is 23.0 Å². The lowest BCUT2D eigenvalue weighted by molar-refractivity contribution is -0.670. The molecule has 1 N–H and O–H groups in total. The van der Waals surface area contributed by atoms with E-state index in [2.05, 4.69) is 4.98 Å². The topological polar surface area (TPSA) is 118 Å². The molecule has 1 unspecified atom stereocenters. The molecule has 1 aromatic carbocycles. The Morgan fingerprint density at radius 3 is 2.42 bits per heavy atom. The van der Waals surface area contributed by atoms with Gasteiger partial charge in [0.05, 0.1) is 14.2 Å². The second-order valence-electron chi connectivity index (χ2n) is 7.65. The summed E-state index contributed by atoms with van der Waals surface area (Å²) in [6, 6.07) is 10.4. The second-order valence-corrected chi connectivity index (χ2v) is 7.65. The summed E-state index contributed by atoms with van der Waals surface area (Å²) >= 11 is 0. The molecule has 0 saturated carbocycles. The molecule has 170 valence electrons. The zero-order valence-electron chi connectivity index (χ0n) is 18.6. The van der Waals surface area contributed by atoms with E-state index in [1.165, 1.54) is 27.4 Å². The van der Waals surface area contributed by atoms with Crippen LogP contribution in [0.2, 0.25) is 0 Å². The Morgan fingerprint density at radius 2 is 1.82 bits per heavy atom. The summed E-state index contributed by atoms with van der Waals surface area (Å²) in [5.74, 6) is -0.859. The van der Waals surface area contributed by atoms with Gasteiger partial charge >= 0.3 is 11.5 Å². The number of rotatable bonds is 5. The molecule has 4 aromatic rings. The van der Waals surface area contributed by atoms with Crippen LogP contribution in [-0.2, 0) is 21.1 Å². The summed E-state index contributed by atoms with van der Waals surface area (Å²) in [6.07, 6.45) is 4.77. The van der Waals surface area contributed by atoms with Crippen LogP contribution in [0.1, 0.15) is 22.9 Å². The highest BCUT2D eigenvalue weighted by Gasteiger charge is 2.36. The highest BCUT2D eigenvalue weighted by atomic mass is 16.5. The summed E-state index contributed by atoms with van der Waals surface area (Å²) in [5.41, 5.74) is 0.304. The quantitative estimate of drug-likeness (QED) is 0.345. The van der Waals surface area contributed by atoms with Crippen molar-refractivity contribution in [3.05, 3.63) is 92.8 Å². The van der Waals surface area contributed by atoms with E-state index in [1.807, 2.05) is 6.07 Å². The summed E-state index contributed by atoms with van der Waals surface area (Å²) in [6.45, 7) is 0. The fourth-order valence-electron chi connectivity index (χ4n) is 3.99. The fraction of sp³-hybridized carbons (Fsp3) is 0.217. The van der Waals surface area contributed by atoms with Gasteiger partial charge in [-0.2, -0.15) is 0 Å². The molecule has 10 heteroatoms. The summed E-state index contributed by atoms with van der Waals surface area (Å²) in [4.78, 5) is 29.6. The number of hydrogen-bond donors (Lipinski definition) is 1. The zero-order chi connectivity index (χ0) is 23.9. The first kappa shape index (κ1) is 21.9. The molecule has 0 amide bonds. The highest BCUT2D eigenvalue weighted by molar-refractivity contribution is 5.54. The third-order valence-corrected chi connectivity index (χ3v) is 5.78. The van der Waals surface area contributed by atoms with Crippen LogP contribution < -0.4 is 25.7 Å². The third-order valence-electron chi connectivity index (χ3n) is 5.78. The summed E-state index contributed by atoms with van der Waals surface area (Å²) < 4.78 is 9.59. The van der Waals surface area contributed by atoms with Crippen LogP contribution in [-0.4, -0.2) is 31.2 Å². The number of benzene rings is 1. The minimum Gasteiger partial charge on any atom is -0.860 e. The van der Waals surface area contributed by atoms with E-state index in [1.54, 1.807) is 54.3 Å². The SMILES string of the molecule is COc1ccc(C(c2c([O-])n(C)c(=O)n(C)c2=O)c2n(O)cc(-c3cccnc3)[n+]2C)cc1. The largest absolute Gasteiger partial charge is 0.860 e. The predicted molar refractivity (Wildman–Crippen MR) is 116 cm³/mol. The lowest BCUT2D eigenvalue weighted by Gasteiger charge is -2.23. The van der Waals surface area contributed by atoms with Gasteiger partial charge in [-0.05, 0) is 35.7 Å². The van der Waals surface area contributed by atoms with Crippen molar-refractivity contribution in [1.29, 1.82) is 0 Å². The molecule has 3 aromatic heterocycles. The normalized spacial score (nSPS) is 12.0. The van der Waals surface area contributed by atoms with Crippen molar-refractivity contribution in [2.75, 3.05) is 7.11 Å². The van der Waals surface area contributed by atoms with Crippen molar-refractivity contribution in [2.24, 2.45) is 21.1 Å². The second kappa shape index (κ2) is 8.30. The molecule has 0 spiro atoms. The van der Waals surface area contributed by atoms with E-state index in [0.717, 1.165) is 19.4 Å². The molecule has 0 aliphatic rings. The number of hydrogen-bond acceptors (Lipinski definition) is 6. The number of aromatic nitrogens is 5. The lowest BCUT2D eigenvalue weighted by Crippen LogP contribution is -2.44. The van der Waals surface area contributed by atoms with Gasteiger partial charge in [0.15, 0.2) is 11.9 Å². The molecule has 0 saturated heterocycles. The molecule has 4 rings (SSSR count). The van der Waals surface area contributed by atoms with Crippen LogP contribution in [0.15, 0.2) is 64.6 Å². The van der Waals surface area contributed by atoms with Crippen LogP contribution >= 0.6 is 0 Å². The lowest BCUT2D eigenvalue weighted by atomic mass is 9.91. The Kier molecular flexibility index (Phi) is 5.50. The van der Waals surface area contributed by atoms with Crippen molar-refractivity contribution in [3.8, 4) is 22.9 Å². The van der Waals surface area contributed by atoms with Gasteiger partial charge in [-0.1, -0.05) is 16.9 Å². The first-order valence-corrected chi connectivity index (χ1v) is 10.1. The van der Waals surface area contributed by atoms with Crippen molar-refractivity contribution >= 4 is 0 Å². The first-order valence-electron chi connectivity index (χ1n) is 10.1. The molecule has 0 bridgehead atoms. The van der Waals surface area contributed by atoms with Crippen LogP contribution in [0.25, 0.3) is 11.3 Å². The van der Waals surface area contributed by atoms with Crippen molar-refractivity contribution in [3.63, 3.8) is 0 Å². The van der Waals surface area contributed by atoms with Gasteiger partial charge in [-0.3, -0.25) is 14.3 Å². The minimum atomic E-state index is -0.977. The average molecular weight is 449 g/mol. The minimum absolute atomic E-state index is 0.161. The highest BCUT2D eigenvalue weighted by Crippen LogP contribution is 2.33. The van der Waals surface area contributed by atoms with Gasteiger partial charge < -0.3 is 19.6 Å². The number of imidazole rings is 1. The van der Waals surface area contributed by atoms with E-state index >= 15 is 0 Å². The first-order chi connectivity index (χ1) is 15.8. The number of nitrogens with zero attached hydrogens (tertiary/aromatic N) is 5. The Hall–Kier alpha value is -4.34. The molecule has 0 fully saturated rings. The molecular weight excluding hydrogens is 426 g/mol. The van der Waals surface area contributed by atoms with Crippen LogP contribution in [0.5, 0.6) is 11.6 Å². The molecule has 0 aliphatic heterocycles. The monoisotopic (exact) mass is 449 g/mol. The van der Waals surface area contributed by atoms with E-state index in [4.69, 9.17) is 4.74 Å². The zero-order valence-corrected chi connectivity index (χ0v) is 18.6. The third kappa shape index (κ3) is 3.55. The number of pyridine rings is 1. The number of ether oxygens (including phenoxy) is 1. The van der Waals surface area contributed by atoms with Gasteiger partial charge in [0.25, 0.3) is 5.56 Å². The number of methoxy groups -OCH3 is 1. The van der Waals surface area contributed by atoms with Gasteiger partial charge in [0, 0.05) is 37.6 Å². The molecular formula is C23H23N5O5. The summed E-state index contributed by atoms with van der Waals surface area (Å²) in [7, 11) is 5.89. The molecule has 0 aliphatic carbocycles. The molecule has 10 nitrogen and oxygen atoms in total. The Morgan fingerprint density at radius 1 is 1.12 bits per heavy atom. The molecule has 3 heterocycles. The maximum atomic E-state index is 13.2. The fourth-order valence-corrected chi connectivity index (χ4v) is 3.99.